The third-order valence-electron chi connectivity index (χ3n) is 1.67. The summed E-state index contributed by atoms with van der Waals surface area (Å²) in [6.45, 7) is 0. The van der Waals surface area contributed by atoms with Crippen molar-refractivity contribution in [2.75, 3.05) is 7.11 Å². The molecule has 3 nitrogen and oxygen atoms in total. The lowest BCUT2D eigenvalue weighted by Gasteiger charge is -1.89. The van der Waals surface area contributed by atoms with Gasteiger partial charge in [0.1, 0.15) is 0 Å². The molecule has 16 heavy (non-hydrogen) atoms. The predicted molar refractivity (Wildman–Crippen MR) is 64.5 cm³/mol. The molecular weight excluding hydrogens is 200 g/mol. The molecule has 1 aromatic carbocycles. The minimum atomic E-state index is 1.16. The number of ether oxygens (including phenoxy) is 1. The van der Waals surface area contributed by atoms with Gasteiger partial charge in [-0.05, 0) is 11.6 Å². The highest BCUT2D eigenvalue weighted by Crippen LogP contribution is 1.99. The van der Waals surface area contributed by atoms with E-state index in [0.29, 0.717) is 0 Å². The lowest BCUT2D eigenvalue weighted by molar-refractivity contribution is 0.341. The van der Waals surface area contributed by atoms with Gasteiger partial charge in [0.15, 0.2) is 0 Å². The maximum absolute atomic E-state index is 4.77. The smallest absolute Gasteiger partial charge is 0.0830 e. The van der Waals surface area contributed by atoms with Gasteiger partial charge < -0.3 is 4.74 Å². The summed E-state index contributed by atoms with van der Waals surface area (Å²) in [7, 11) is 1.64. The number of nitrogens with zero attached hydrogens (tertiary/aromatic N) is 2. The minimum absolute atomic E-state index is 1.16. The van der Waals surface area contributed by atoms with Crippen molar-refractivity contribution in [3.05, 3.63) is 66.9 Å². The largest absolute Gasteiger partial charge is 0.504 e. The summed E-state index contributed by atoms with van der Waals surface area (Å²) in [5.74, 6) is 0. The first kappa shape index (κ1) is 11.9. The molecule has 2 aromatic rings. The highest BCUT2D eigenvalue weighted by molar-refractivity contribution is 5.47. The molecule has 0 N–H and O–H groups in total. The van der Waals surface area contributed by atoms with Crippen LogP contribution in [-0.4, -0.2) is 17.1 Å². The molecule has 0 aliphatic carbocycles. The Hall–Kier alpha value is -2.16. The molecule has 0 aliphatic rings. The number of rotatable bonds is 2. The fourth-order valence-corrected chi connectivity index (χ4v) is 0.964. The molecule has 2 rings (SSSR count). The van der Waals surface area contributed by atoms with Crippen LogP contribution in [0.2, 0.25) is 0 Å². The molecule has 1 heterocycles. The zero-order valence-corrected chi connectivity index (χ0v) is 9.15. The van der Waals surface area contributed by atoms with Crippen molar-refractivity contribution < 1.29 is 4.74 Å². The Bertz CT molecular complexity index is 360. The lowest BCUT2D eigenvalue weighted by Crippen LogP contribution is -1.69. The van der Waals surface area contributed by atoms with E-state index in [9.17, 15) is 0 Å². The summed E-state index contributed by atoms with van der Waals surface area (Å²) in [5, 5.41) is 0. The Kier molecular flexibility index (Phi) is 6.09. The number of benzene rings is 1. The maximum Gasteiger partial charge on any atom is 0.0830 e. The molecule has 1 aromatic heterocycles. The molecule has 0 bridgehead atoms. The Labute approximate surface area is 95.5 Å². The van der Waals surface area contributed by atoms with E-state index in [-0.39, 0.29) is 0 Å². The van der Waals surface area contributed by atoms with Crippen LogP contribution in [0.3, 0.4) is 0 Å². The van der Waals surface area contributed by atoms with Gasteiger partial charge >= 0.3 is 0 Å². The summed E-state index contributed by atoms with van der Waals surface area (Å²) < 4.78 is 4.77. The van der Waals surface area contributed by atoms with Crippen molar-refractivity contribution in [2.45, 2.75) is 0 Å². The number of hydrogen-bond acceptors (Lipinski definition) is 3. The summed E-state index contributed by atoms with van der Waals surface area (Å²) in [6.07, 6.45) is 10.1. The van der Waals surface area contributed by atoms with Crippen molar-refractivity contribution in [1.82, 2.24) is 9.97 Å². The number of hydrogen-bond donors (Lipinski definition) is 0. The van der Waals surface area contributed by atoms with Gasteiger partial charge in [-0.1, -0.05) is 30.3 Å². The zero-order chi connectivity index (χ0) is 11.5. The zero-order valence-electron chi connectivity index (χ0n) is 9.15. The molecule has 0 unspecified atom stereocenters. The third-order valence-corrected chi connectivity index (χ3v) is 1.67. The maximum atomic E-state index is 4.77. The van der Waals surface area contributed by atoms with Crippen molar-refractivity contribution in [1.29, 1.82) is 0 Å². The van der Waals surface area contributed by atoms with Gasteiger partial charge in [0.25, 0.3) is 0 Å². The minimum Gasteiger partial charge on any atom is -0.504 e. The van der Waals surface area contributed by atoms with Crippen molar-refractivity contribution >= 4 is 6.08 Å². The monoisotopic (exact) mass is 214 g/mol. The van der Waals surface area contributed by atoms with E-state index in [1.54, 1.807) is 38.2 Å². The van der Waals surface area contributed by atoms with Gasteiger partial charge in [-0.3, -0.25) is 9.97 Å². The average Bonchev–Trinajstić information content (AvgIpc) is 2.40. The van der Waals surface area contributed by atoms with Crippen LogP contribution in [-0.2, 0) is 4.74 Å². The van der Waals surface area contributed by atoms with Crippen LogP contribution in [0, 0.1) is 0 Å². The molecule has 82 valence electrons. The summed E-state index contributed by atoms with van der Waals surface area (Å²) >= 11 is 0. The van der Waals surface area contributed by atoms with E-state index >= 15 is 0 Å². The molecule has 3 heteroatoms. The Morgan fingerprint density at radius 1 is 0.938 bits per heavy atom. The topological polar surface area (TPSA) is 35.0 Å². The van der Waals surface area contributed by atoms with E-state index in [0.717, 1.165) is 5.56 Å². The molecule has 0 aliphatic heterocycles. The predicted octanol–water partition coefficient (Wildman–Crippen LogP) is 2.78. The highest BCUT2D eigenvalue weighted by atomic mass is 16.5. The van der Waals surface area contributed by atoms with Gasteiger partial charge in [0.05, 0.1) is 13.4 Å². The van der Waals surface area contributed by atoms with Gasteiger partial charge in [-0.25, -0.2) is 0 Å². The van der Waals surface area contributed by atoms with Crippen LogP contribution in [0.5, 0.6) is 0 Å². The van der Waals surface area contributed by atoms with Crippen molar-refractivity contribution in [3.63, 3.8) is 0 Å². The third kappa shape index (κ3) is 5.54. The van der Waals surface area contributed by atoms with E-state index in [2.05, 4.69) is 9.97 Å². The average molecular weight is 214 g/mol. The normalized spacial score (nSPS) is 9.31. The fraction of sp³-hybridized carbons (Fsp3) is 0.0769. The fourth-order valence-electron chi connectivity index (χ4n) is 0.964. The quantitative estimate of drug-likeness (QED) is 0.721. The second-order valence-electron chi connectivity index (χ2n) is 2.84. The molecule has 0 saturated carbocycles. The molecule has 0 amide bonds. The Morgan fingerprint density at radius 2 is 1.50 bits per heavy atom. The highest BCUT2D eigenvalue weighted by Gasteiger charge is 1.79. The van der Waals surface area contributed by atoms with Gasteiger partial charge in [0, 0.05) is 24.8 Å². The van der Waals surface area contributed by atoms with Crippen LogP contribution < -0.4 is 0 Å². The molecule has 0 fully saturated rings. The first-order chi connectivity index (χ1) is 7.93. The summed E-state index contributed by atoms with van der Waals surface area (Å²) in [4.78, 5) is 7.44. The molecule has 0 spiro atoms. The van der Waals surface area contributed by atoms with E-state index < -0.39 is 0 Å². The van der Waals surface area contributed by atoms with Gasteiger partial charge in [0.2, 0.25) is 0 Å². The second kappa shape index (κ2) is 8.17. The standard InChI is InChI=1S/C9H10O.C4H4N2/c1-10-8-7-9-5-3-2-4-6-9;1-2-6-4-3-5-1/h2-8H,1H3;1-4H. The molecule has 0 saturated heterocycles. The van der Waals surface area contributed by atoms with Gasteiger partial charge in [-0.15, -0.1) is 0 Å². The summed E-state index contributed by atoms with van der Waals surface area (Å²) in [5.41, 5.74) is 1.16. The van der Waals surface area contributed by atoms with E-state index in [4.69, 9.17) is 4.74 Å². The Balaban J connectivity index is 0.000000181. The van der Waals surface area contributed by atoms with E-state index in [1.165, 1.54) is 0 Å². The van der Waals surface area contributed by atoms with Crippen molar-refractivity contribution in [2.24, 2.45) is 0 Å². The summed E-state index contributed by atoms with van der Waals surface area (Å²) in [6, 6.07) is 10.0. The molecule has 0 radical (unpaired) electrons. The lowest BCUT2D eigenvalue weighted by atomic mass is 10.2. The van der Waals surface area contributed by atoms with Crippen LogP contribution in [0.25, 0.3) is 6.08 Å². The van der Waals surface area contributed by atoms with Crippen LogP contribution in [0.4, 0.5) is 0 Å². The van der Waals surface area contributed by atoms with Gasteiger partial charge in [-0.2, -0.15) is 0 Å². The van der Waals surface area contributed by atoms with E-state index in [1.807, 2.05) is 36.4 Å². The number of methoxy groups -OCH3 is 1. The second-order valence-corrected chi connectivity index (χ2v) is 2.84. The molecule has 0 atom stereocenters. The first-order valence-corrected chi connectivity index (χ1v) is 4.88. The molecular formula is C13H14N2O. The van der Waals surface area contributed by atoms with Crippen LogP contribution in [0.15, 0.2) is 61.4 Å². The number of aromatic nitrogens is 2. The first-order valence-electron chi connectivity index (χ1n) is 4.88. The SMILES string of the molecule is COC=Cc1ccccc1.c1cnccn1. The Morgan fingerprint density at radius 3 is 1.94 bits per heavy atom. The van der Waals surface area contributed by atoms with Crippen LogP contribution in [0.1, 0.15) is 5.56 Å². The van der Waals surface area contributed by atoms with Crippen LogP contribution >= 0.6 is 0 Å². The van der Waals surface area contributed by atoms with Crippen molar-refractivity contribution in [3.8, 4) is 0 Å².